The second-order valence-corrected chi connectivity index (χ2v) is 6.34. The Morgan fingerprint density at radius 2 is 2.00 bits per heavy atom. The molecule has 1 aliphatic rings. The zero-order valence-corrected chi connectivity index (χ0v) is 9.77. The Kier molecular flexibility index (Phi) is 2.33. The quantitative estimate of drug-likeness (QED) is 0.865. The fraction of sp³-hybridized carbons (Fsp3) is 0.400. The molecule has 1 saturated carbocycles. The molecule has 0 bridgehead atoms. The fourth-order valence-corrected chi connectivity index (χ4v) is 2.83. The molecule has 2 rings (SSSR count). The number of aliphatic hydroxyl groups is 1. The van der Waals surface area contributed by atoms with Gasteiger partial charge in [0.1, 0.15) is 0 Å². The van der Waals surface area contributed by atoms with E-state index in [0.29, 0.717) is 18.4 Å². The van der Waals surface area contributed by atoms with E-state index in [1.807, 2.05) is 0 Å². The minimum atomic E-state index is -3.29. The highest BCUT2D eigenvalue weighted by Crippen LogP contribution is 2.46. The molecule has 1 aliphatic carbocycles. The van der Waals surface area contributed by atoms with Gasteiger partial charge < -0.3 is 5.11 Å². The maximum atomic E-state index is 11.3. The van der Waals surface area contributed by atoms with Crippen molar-refractivity contribution in [2.24, 2.45) is 0 Å². The fourth-order valence-electron chi connectivity index (χ4n) is 1.50. The van der Waals surface area contributed by atoms with Crippen LogP contribution in [0.4, 0.5) is 0 Å². The average Bonchev–Trinajstić information content (AvgIpc) is 2.82. The molecule has 5 heteroatoms. The van der Waals surface area contributed by atoms with Gasteiger partial charge in [-0.1, -0.05) is 17.7 Å². The maximum absolute atomic E-state index is 11.3. The minimum Gasteiger partial charge on any atom is -0.385 e. The van der Waals surface area contributed by atoms with E-state index in [0.717, 1.165) is 6.26 Å². The van der Waals surface area contributed by atoms with Gasteiger partial charge in [-0.05, 0) is 30.5 Å². The molecule has 0 unspecified atom stereocenters. The molecule has 1 N–H and O–H groups in total. The van der Waals surface area contributed by atoms with Crippen molar-refractivity contribution in [1.29, 1.82) is 0 Å². The van der Waals surface area contributed by atoms with Gasteiger partial charge in [-0.25, -0.2) is 8.42 Å². The van der Waals surface area contributed by atoms with Crippen molar-refractivity contribution in [1.82, 2.24) is 0 Å². The van der Waals surface area contributed by atoms with E-state index in [-0.39, 0.29) is 9.92 Å². The van der Waals surface area contributed by atoms with E-state index >= 15 is 0 Å². The van der Waals surface area contributed by atoms with Crippen LogP contribution < -0.4 is 0 Å². The van der Waals surface area contributed by atoms with E-state index in [1.165, 1.54) is 12.1 Å². The smallest absolute Gasteiger partial charge is 0.176 e. The number of halogens is 1. The van der Waals surface area contributed by atoms with Gasteiger partial charge in [-0.2, -0.15) is 0 Å². The van der Waals surface area contributed by atoms with Crippen LogP contribution in [-0.4, -0.2) is 19.8 Å². The van der Waals surface area contributed by atoms with E-state index in [2.05, 4.69) is 0 Å². The second-order valence-electron chi connectivity index (χ2n) is 3.95. The highest BCUT2D eigenvalue weighted by Gasteiger charge is 2.42. The molecule has 1 aromatic carbocycles. The van der Waals surface area contributed by atoms with Crippen LogP contribution in [0, 0.1) is 0 Å². The number of hydrogen-bond acceptors (Lipinski definition) is 3. The van der Waals surface area contributed by atoms with E-state index in [4.69, 9.17) is 11.6 Å². The molecule has 0 atom stereocenters. The van der Waals surface area contributed by atoms with Crippen LogP contribution in [0.5, 0.6) is 0 Å². The maximum Gasteiger partial charge on any atom is 0.176 e. The summed E-state index contributed by atoms with van der Waals surface area (Å²) in [5.41, 5.74) is -0.0837. The lowest BCUT2D eigenvalue weighted by molar-refractivity contribution is 0.151. The molecule has 0 spiro atoms. The first kappa shape index (κ1) is 10.9. The van der Waals surface area contributed by atoms with Crippen LogP contribution in [0.25, 0.3) is 0 Å². The molecule has 0 saturated heterocycles. The Hall–Kier alpha value is -0.580. The highest BCUT2D eigenvalue weighted by atomic mass is 35.5. The molecule has 0 amide bonds. The Balaban J connectivity index is 2.49. The molecule has 1 aromatic rings. The summed E-state index contributed by atoms with van der Waals surface area (Å²) in [6.45, 7) is 0. The molecule has 0 aromatic heterocycles. The lowest BCUT2D eigenvalue weighted by Crippen LogP contribution is -2.05. The largest absolute Gasteiger partial charge is 0.385 e. The first-order valence-corrected chi connectivity index (χ1v) is 6.82. The molecule has 3 nitrogen and oxygen atoms in total. The van der Waals surface area contributed by atoms with Gasteiger partial charge in [0.2, 0.25) is 0 Å². The summed E-state index contributed by atoms with van der Waals surface area (Å²) in [6, 6.07) is 4.60. The normalized spacial score (nSPS) is 18.9. The van der Waals surface area contributed by atoms with Crippen molar-refractivity contribution in [2.45, 2.75) is 23.3 Å². The first-order valence-electron chi connectivity index (χ1n) is 4.55. The zero-order chi connectivity index (χ0) is 11.3. The van der Waals surface area contributed by atoms with Crippen LogP contribution in [0.1, 0.15) is 18.4 Å². The third kappa shape index (κ3) is 2.02. The molecular formula is C10H11ClO3S. The summed E-state index contributed by atoms with van der Waals surface area (Å²) in [5, 5.41) is 9.99. The first-order chi connectivity index (χ1) is 6.83. The molecule has 0 aliphatic heterocycles. The minimum absolute atomic E-state index is 0.108. The predicted octanol–water partition coefficient (Wildman–Crippen LogP) is 1.72. The summed E-state index contributed by atoms with van der Waals surface area (Å²) in [6.07, 6.45) is 2.53. The number of sulfone groups is 1. The number of rotatable bonds is 2. The van der Waals surface area contributed by atoms with Gasteiger partial charge in [0, 0.05) is 6.26 Å². The standard InChI is InChI=1S/C10H11ClO3S/c1-15(13,14)9-3-2-7(6-8(9)11)10(12)4-5-10/h2-3,6,12H,4-5H2,1H3. The van der Waals surface area contributed by atoms with Crippen molar-refractivity contribution in [2.75, 3.05) is 6.26 Å². The van der Waals surface area contributed by atoms with Crippen LogP contribution >= 0.6 is 11.6 Å². The van der Waals surface area contributed by atoms with Gasteiger partial charge in [0.25, 0.3) is 0 Å². The summed E-state index contributed by atoms with van der Waals surface area (Å²) in [7, 11) is -3.29. The Bertz CT molecular complexity index is 503. The lowest BCUT2D eigenvalue weighted by atomic mass is 10.1. The van der Waals surface area contributed by atoms with Gasteiger partial charge in [-0.15, -0.1) is 0 Å². The molecule has 82 valence electrons. The van der Waals surface area contributed by atoms with Crippen LogP contribution in [0.15, 0.2) is 23.1 Å². The van der Waals surface area contributed by atoms with Crippen molar-refractivity contribution < 1.29 is 13.5 Å². The number of hydrogen-bond donors (Lipinski definition) is 1. The lowest BCUT2D eigenvalue weighted by Gasteiger charge is -2.10. The summed E-state index contributed by atoms with van der Waals surface area (Å²) >= 11 is 5.86. The number of benzene rings is 1. The summed E-state index contributed by atoms with van der Waals surface area (Å²) in [5.74, 6) is 0. The van der Waals surface area contributed by atoms with Crippen LogP contribution in [0.2, 0.25) is 5.02 Å². The highest BCUT2D eigenvalue weighted by molar-refractivity contribution is 7.90. The Morgan fingerprint density at radius 3 is 2.40 bits per heavy atom. The van der Waals surface area contributed by atoms with Crippen LogP contribution in [0.3, 0.4) is 0 Å². The Labute approximate surface area is 93.6 Å². The van der Waals surface area contributed by atoms with E-state index in [9.17, 15) is 13.5 Å². The molecule has 0 radical (unpaired) electrons. The third-order valence-corrected chi connectivity index (χ3v) is 4.17. The summed E-state index contributed by atoms with van der Waals surface area (Å²) in [4.78, 5) is 0.108. The van der Waals surface area contributed by atoms with Gasteiger partial charge in [0.15, 0.2) is 9.84 Å². The molecule has 15 heavy (non-hydrogen) atoms. The van der Waals surface area contributed by atoms with Gasteiger partial charge in [0.05, 0.1) is 15.5 Å². The van der Waals surface area contributed by atoms with Crippen molar-refractivity contribution in [3.63, 3.8) is 0 Å². The molecular weight excluding hydrogens is 236 g/mol. The van der Waals surface area contributed by atoms with Crippen LogP contribution in [-0.2, 0) is 15.4 Å². The SMILES string of the molecule is CS(=O)(=O)c1ccc(C2(O)CC2)cc1Cl. The Morgan fingerprint density at radius 1 is 1.40 bits per heavy atom. The van der Waals surface area contributed by atoms with Crippen molar-refractivity contribution in [3.8, 4) is 0 Å². The average molecular weight is 247 g/mol. The van der Waals surface area contributed by atoms with Crippen molar-refractivity contribution >= 4 is 21.4 Å². The topological polar surface area (TPSA) is 54.4 Å². The van der Waals surface area contributed by atoms with Gasteiger partial charge in [-0.3, -0.25) is 0 Å². The van der Waals surface area contributed by atoms with E-state index < -0.39 is 15.4 Å². The van der Waals surface area contributed by atoms with Gasteiger partial charge >= 0.3 is 0 Å². The summed E-state index contributed by atoms with van der Waals surface area (Å²) < 4.78 is 22.6. The zero-order valence-electron chi connectivity index (χ0n) is 8.20. The van der Waals surface area contributed by atoms with E-state index in [1.54, 1.807) is 6.07 Å². The second kappa shape index (κ2) is 3.20. The molecule has 0 heterocycles. The third-order valence-electron chi connectivity index (χ3n) is 2.59. The predicted molar refractivity (Wildman–Crippen MR) is 57.7 cm³/mol. The monoisotopic (exact) mass is 246 g/mol. The van der Waals surface area contributed by atoms with Crippen molar-refractivity contribution in [3.05, 3.63) is 28.8 Å². The molecule has 1 fully saturated rings.